The van der Waals surface area contributed by atoms with Gasteiger partial charge in [0.05, 0.1) is 23.8 Å². The van der Waals surface area contributed by atoms with E-state index in [0.717, 1.165) is 64.4 Å². The number of hydrogen-bond acceptors (Lipinski definition) is 6. The van der Waals surface area contributed by atoms with Gasteiger partial charge < -0.3 is 18.9 Å². The Hall–Kier alpha value is -2.70. The fraction of sp³-hybridized carbons (Fsp3) is 0.659. The zero-order chi connectivity index (χ0) is 32.6. The summed E-state index contributed by atoms with van der Waals surface area (Å²) in [6.07, 6.45) is 8.95. The topological polar surface area (TPSA) is 71.1 Å². The van der Waals surface area contributed by atoms with E-state index in [9.17, 15) is 9.59 Å². The molecule has 2 heterocycles. The Morgan fingerprint density at radius 2 is 1.45 bits per heavy atom. The number of esters is 2. The number of benzene rings is 2. The van der Waals surface area contributed by atoms with Gasteiger partial charge in [-0.1, -0.05) is 64.1 Å². The van der Waals surface area contributed by atoms with Gasteiger partial charge in [0, 0.05) is 18.3 Å². The van der Waals surface area contributed by atoms with Crippen LogP contribution in [-0.2, 0) is 18.9 Å². The minimum absolute atomic E-state index is 0.00835. The number of carbonyl (C=O) groups excluding carboxylic acids is 2. The lowest BCUT2D eigenvalue weighted by molar-refractivity contribution is -0.274. The van der Waals surface area contributed by atoms with Crippen molar-refractivity contribution in [3.05, 3.63) is 71.8 Å². The van der Waals surface area contributed by atoms with E-state index in [1.54, 1.807) is 0 Å². The zero-order valence-electron chi connectivity index (χ0n) is 28.6. The van der Waals surface area contributed by atoms with Crippen LogP contribution in [0.4, 0.5) is 0 Å². The van der Waals surface area contributed by atoms with Crippen molar-refractivity contribution >= 4 is 11.9 Å². The van der Waals surface area contributed by atoms with Crippen LogP contribution in [0.3, 0.4) is 0 Å². The molecule has 0 bridgehead atoms. The fourth-order valence-corrected chi connectivity index (χ4v) is 12.1. The van der Waals surface area contributed by atoms with Crippen molar-refractivity contribution in [2.75, 3.05) is 6.61 Å². The van der Waals surface area contributed by atoms with Gasteiger partial charge in [-0.25, -0.2) is 9.59 Å². The first-order valence-electron chi connectivity index (χ1n) is 18.4. The summed E-state index contributed by atoms with van der Waals surface area (Å²) in [6.45, 7) is 10.4. The Morgan fingerprint density at radius 1 is 0.766 bits per heavy atom. The lowest BCUT2D eigenvalue weighted by Gasteiger charge is -2.63. The molecule has 13 atom stereocenters. The summed E-state index contributed by atoms with van der Waals surface area (Å²) in [7, 11) is 0. The van der Waals surface area contributed by atoms with Crippen LogP contribution in [0.25, 0.3) is 0 Å². The number of rotatable bonds is 4. The average molecular weight is 641 g/mol. The smallest absolute Gasteiger partial charge is 0.338 e. The van der Waals surface area contributed by atoms with Crippen molar-refractivity contribution in [1.29, 1.82) is 0 Å². The average Bonchev–Trinajstić information content (AvgIpc) is 3.52. The van der Waals surface area contributed by atoms with Crippen LogP contribution < -0.4 is 0 Å². The molecule has 0 aromatic heterocycles. The fourth-order valence-electron chi connectivity index (χ4n) is 12.1. The molecule has 6 fully saturated rings. The maximum absolute atomic E-state index is 13.8. The van der Waals surface area contributed by atoms with Crippen LogP contribution in [0.5, 0.6) is 0 Å². The maximum atomic E-state index is 13.8. The second-order valence-electron chi connectivity index (χ2n) is 16.7. The Labute approximate surface area is 280 Å². The normalized spacial score (nSPS) is 45.3. The zero-order valence-corrected chi connectivity index (χ0v) is 28.6. The van der Waals surface area contributed by atoms with E-state index in [0.29, 0.717) is 46.6 Å². The van der Waals surface area contributed by atoms with E-state index in [4.69, 9.17) is 18.9 Å². The molecule has 2 aromatic rings. The van der Waals surface area contributed by atoms with Gasteiger partial charge in [0.25, 0.3) is 0 Å². The molecule has 0 amide bonds. The first-order valence-corrected chi connectivity index (χ1v) is 18.4. The Morgan fingerprint density at radius 3 is 2.11 bits per heavy atom. The summed E-state index contributed by atoms with van der Waals surface area (Å²) in [5.74, 6) is 2.05. The second-order valence-corrected chi connectivity index (χ2v) is 16.7. The lowest BCUT2D eigenvalue weighted by Crippen LogP contribution is -2.60. The molecule has 4 saturated carbocycles. The quantitative estimate of drug-likeness (QED) is 0.312. The number of ether oxygens (including phenoxy) is 4. The third-order valence-electron chi connectivity index (χ3n) is 14.3. The number of fused-ring (bicyclic) bond motifs is 7. The molecule has 0 radical (unpaired) electrons. The molecule has 47 heavy (non-hydrogen) atoms. The molecule has 2 aromatic carbocycles. The Kier molecular flexibility index (Phi) is 7.87. The molecule has 0 N–H and O–H groups in total. The standard InChI is InChI=1S/C41H52O6/c1-25-17-20-41(44-24-25)26(2)35-33(47-41)22-32-31-16-15-29-21-30(45-37(42)27-11-7-5-8-12-27)18-19-39(29,3)36(31)34(23-40(32,35)4)46-38(43)28-13-9-6-10-14-28/h5-14,25-26,29-36H,15-24H2,1-4H3/t25-,26+,29+,30-,31+,32+,33+,34+,35+,36-,39+,40+,41-/m1/s1. The first-order chi connectivity index (χ1) is 22.6. The summed E-state index contributed by atoms with van der Waals surface area (Å²) in [4.78, 5) is 26.8. The summed E-state index contributed by atoms with van der Waals surface area (Å²) < 4.78 is 26.4. The SMILES string of the molecule is C[C@@H]1CC[C@@]2(OC1)O[C@H]1C[C@H]3[C@@H]4CC[C@H]5C[C@H](OC(=O)c6ccccc6)CC[C@]5(C)[C@H]4[C@@H](OC(=O)c4ccccc4)C[C@]3(C)[C@H]1[C@@H]2C. The Bertz CT molecular complexity index is 1470. The van der Waals surface area contributed by atoms with E-state index >= 15 is 0 Å². The van der Waals surface area contributed by atoms with Crippen LogP contribution in [0.15, 0.2) is 60.7 Å². The summed E-state index contributed by atoms with van der Waals surface area (Å²) >= 11 is 0. The monoisotopic (exact) mass is 640 g/mol. The predicted molar refractivity (Wildman–Crippen MR) is 178 cm³/mol. The van der Waals surface area contributed by atoms with E-state index in [2.05, 4.69) is 27.7 Å². The molecule has 0 unspecified atom stereocenters. The van der Waals surface area contributed by atoms with Crippen molar-refractivity contribution in [3.8, 4) is 0 Å². The van der Waals surface area contributed by atoms with E-state index in [1.807, 2.05) is 60.7 Å². The minimum Gasteiger partial charge on any atom is -0.459 e. The van der Waals surface area contributed by atoms with Crippen molar-refractivity contribution in [1.82, 2.24) is 0 Å². The third-order valence-corrected chi connectivity index (χ3v) is 14.3. The van der Waals surface area contributed by atoms with Crippen molar-refractivity contribution in [2.24, 2.45) is 52.3 Å². The number of hydrogen-bond donors (Lipinski definition) is 0. The summed E-state index contributed by atoms with van der Waals surface area (Å²) in [6, 6.07) is 18.9. The van der Waals surface area contributed by atoms with E-state index in [1.165, 1.54) is 0 Å². The predicted octanol–water partition coefficient (Wildman–Crippen LogP) is 8.49. The molecule has 2 saturated heterocycles. The molecule has 1 spiro atoms. The highest BCUT2D eigenvalue weighted by Gasteiger charge is 2.71. The van der Waals surface area contributed by atoms with Crippen LogP contribution >= 0.6 is 0 Å². The summed E-state index contributed by atoms with van der Waals surface area (Å²) in [5, 5.41) is 0. The largest absolute Gasteiger partial charge is 0.459 e. The highest BCUT2D eigenvalue weighted by Crippen LogP contribution is 2.71. The van der Waals surface area contributed by atoms with Crippen LogP contribution in [0.2, 0.25) is 0 Å². The summed E-state index contributed by atoms with van der Waals surface area (Å²) in [5.41, 5.74) is 1.25. The number of carbonyl (C=O) groups is 2. The lowest BCUT2D eigenvalue weighted by atomic mass is 9.43. The first kappa shape index (κ1) is 31.6. The molecule has 4 aliphatic carbocycles. The molecular formula is C41H52O6. The van der Waals surface area contributed by atoms with E-state index < -0.39 is 5.79 Å². The van der Waals surface area contributed by atoms with Gasteiger partial charge in [-0.05, 0) is 116 Å². The van der Waals surface area contributed by atoms with Gasteiger partial charge in [-0.3, -0.25) is 0 Å². The van der Waals surface area contributed by atoms with Crippen LogP contribution in [0, 0.1) is 52.3 Å². The molecule has 2 aliphatic heterocycles. The van der Waals surface area contributed by atoms with Gasteiger partial charge in [-0.2, -0.15) is 0 Å². The van der Waals surface area contributed by atoms with Crippen LogP contribution in [0.1, 0.15) is 106 Å². The van der Waals surface area contributed by atoms with Gasteiger partial charge >= 0.3 is 11.9 Å². The second kappa shape index (κ2) is 11.7. The van der Waals surface area contributed by atoms with Gasteiger partial charge in [0.2, 0.25) is 0 Å². The van der Waals surface area contributed by atoms with Gasteiger partial charge in [0.1, 0.15) is 12.2 Å². The van der Waals surface area contributed by atoms with Crippen molar-refractivity contribution in [3.63, 3.8) is 0 Å². The molecule has 252 valence electrons. The van der Waals surface area contributed by atoms with Gasteiger partial charge in [0.15, 0.2) is 5.79 Å². The highest BCUT2D eigenvalue weighted by atomic mass is 16.7. The van der Waals surface area contributed by atoms with Crippen molar-refractivity contribution in [2.45, 2.75) is 110 Å². The molecule has 6 heteroatoms. The highest BCUT2D eigenvalue weighted by molar-refractivity contribution is 5.90. The molecule has 8 rings (SSSR count). The van der Waals surface area contributed by atoms with E-state index in [-0.39, 0.29) is 47.0 Å². The van der Waals surface area contributed by atoms with Crippen molar-refractivity contribution < 1.29 is 28.5 Å². The molecule has 6 aliphatic rings. The van der Waals surface area contributed by atoms with Crippen LogP contribution in [-0.4, -0.2) is 42.6 Å². The minimum atomic E-state index is -0.470. The molecule has 6 nitrogen and oxygen atoms in total. The van der Waals surface area contributed by atoms with Gasteiger partial charge in [-0.15, -0.1) is 0 Å². The maximum Gasteiger partial charge on any atom is 0.338 e. The molecular weight excluding hydrogens is 588 g/mol. The Balaban J connectivity index is 1.08. The third kappa shape index (κ3) is 5.10.